The van der Waals surface area contributed by atoms with Gasteiger partial charge >= 0.3 is 0 Å². The molecule has 0 atom stereocenters. The van der Waals surface area contributed by atoms with Crippen LogP contribution < -0.4 is 4.57 Å². The van der Waals surface area contributed by atoms with Crippen molar-refractivity contribution < 1.29 is 4.57 Å². The van der Waals surface area contributed by atoms with Crippen molar-refractivity contribution in [2.45, 2.75) is 72.6 Å². The summed E-state index contributed by atoms with van der Waals surface area (Å²) in [6.07, 6.45) is 8.72. The highest BCUT2D eigenvalue weighted by atomic mass is 14.9. The number of aryl methyl sites for hydroxylation is 4. The first-order chi connectivity index (χ1) is 14.7. The molecule has 3 aromatic rings. The topological polar surface area (TPSA) is 3.88 Å². The molecule has 31 heavy (non-hydrogen) atoms. The van der Waals surface area contributed by atoms with Crippen molar-refractivity contribution in [1.82, 2.24) is 0 Å². The number of pyridine rings is 1. The summed E-state index contributed by atoms with van der Waals surface area (Å²) in [4.78, 5) is 0. The van der Waals surface area contributed by atoms with E-state index in [-0.39, 0.29) is 0 Å². The molecule has 1 nitrogen and oxygen atoms in total. The molecule has 0 bridgehead atoms. The highest BCUT2D eigenvalue weighted by Crippen LogP contribution is 2.45. The van der Waals surface area contributed by atoms with Crippen molar-refractivity contribution in [3.8, 4) is 22.4 Å². The Morgan fingerprint density at radius 3 is 2.32 bits per heavy atom. The lowest BCUT2D eigenvalue weighted by molar-refractivity contribution is -0.660. The molecule has 1 saturated carbocycles. The molecule has 160 valence electrons. The van der Waals surface area contributed by atoms with Gasteiger partial charge in [0.1, 0.15) is 7.05 Å². The van der Waals surface area contributed by atoms with E-state index in [1.807, 2.05) is 0 Å². The molecule has 2 aliphatic carbocycles. The van der Waals surface area contributed by atoms with Gasteiger partial charge in [-0.25, -0.2) is 4.57 Å². The van der Waals surface area contributed by atoms with E-state index in [9.17, 15) is 0 Å². The summed E-state index contributed by atoms with van der Waals surface area (Å²) in [7, 11) is 2.22. The molecule has 2 aromatic carbocycles. The molecule has 5 rings (SSSR count). The summed E-state index contributed by atoms with van der Waals surface area (Å²) in [6, 6.07) is 14.1. The third-order valence-electron chi connectivity index (χ3n) is 7.99. The Hall–Kier alpha value is -2.41. The van der Waals surface area contributed by atoms with Crippen molar-refractivity contribution in [2.24, 2.45) is 12.5 Å². The summed E-state index contributed by atoms with van der Waals surface area (Å²) in [5, 5.41) is 0. The van der Waals surface area contributed by atoms with Crippen LogP contribution in [0.15, 0.2) is 42.6 Å². The fourth-order valence-electron chi connectivity index (χ4n) is 6.08. The average molecular weight is 411 g/mol. The zero-order chi connectivity index (χ0) is 21.9. The van der Waals surface area contributed by atoms with Crippen molar-refractivity contribution in [3.05, 3.63) is 76.0 Å². The number of hydrogen-bond acceptors (Lipinski definition) is 0. The smallest absolute Gasteiger partial charge is 0.201 e. The van der Waals surface area contributed by atoms with Crippen LogP contribution in [0.3, 0.4) is 0 Å². The zero-order valence-corrected chi connectivity index (χ0v) is 20.1. The Balaban J connectivity index is 1.62. The van der Waals surface area contributed by atoms with Crippen molar-refractivity contribution in [2.75, 3.05) is 0 Å². The van der Waals surface area contributed by atoms with Gasteiger partial charge in [-0.3, -0.25) is 0 Å². The average Bonchev–Trinajstić information content (AvgIpc) is 3.06. The highest BCUT2D eigenvalue weighted by molar-refractivity contribution is 5.85. The van der Waals surface area contributed by atoms with Gasteiger partial charge in [0.15, 0.2) is 6.20 Å². The Kier molecular flexibility index (Phi) is 4.84. The first-order valence-corrected chi connectivity index (χ1v) is 12.0. The predicted molar refractivity (Wildman–Crippen MR) is 130 cm³/mol. The summed E-state index contributed by atoms with van der Waals surface area (Å²) in [5.74, 6) is 0.699. The van der Waals surface area contributed by atoms with Crippen LogP contribution in [-0.2, 0) is 13.5 Å². The fraction of sp³-hybridized carbons (Fsp3) is 0.433. The van der Waals surface area contributed by atoms with Gasteiger partial charge in [-0.15, -0.1) is 0 Å². The second-order valence-corrected chi connectivity index (χ2v) is 11.0. The number of rotatable bonds is 2. The van der Waals surface area contributed by atoms with E-state index in [0.717, 1.165) is 6.42 Å². The monoisotopic (exact) mass is 410 g/mol. The molecule has 0 spiro atoms. The standard InChI is InChI=1S/C30H36N/c1-19-7-9-24-23(15-19)16-27-25(24)10-8-20(2)29(27)28-17-26(21(3)18-31(28)6)22-11-13-30(4,5)14-12-22/h7-10,15,17-18,22H,11-14,16H2,1-6H3/q+1. The number of fused-ring (bicyclic) bond motifs is 3. The molecule has 0 unspecified atom stereocenters. The zero-order valence-electron chi connectivity index (χ0n) is 20.1. The Morgan fingerprint density at radius 1 is 0.871 bits per heavy atom. The predicted octanol–water partition coefficient (Wildman–Crippen LogP) is 7.36. The van der Waals surface area contributed by atoms with Gasteiger partial charge in [0.2, 0.25) is 5.69 Å². The second kappa shape index (κ2) is 7.33. The number of nitrogens with zero attached hydrogens (tertiary/aromatic N) is 1. The van der Waals surface area contributed by atoms with Crippen molar-refractivity contribution >= 4 is 0 Å². The first kappa shape index (κ1) is 20.5. The molecule has 1 fully saturated rings. The third kappa shape index (κ3) is 3.53. The normalized spacial score (nSPS) is 17.5. The van der Waals surface area contributed by atoms with E-state index in [1.165, 1.54) is 75.9 Å². The van der Waals surface area contributed by atoms with Crippen molar-refractivity contribution in [1.29, 1.82) is 0 Å². The maximum absolute atomic E-state index is 2.54. The molecule has 1 aromatic heterocycles. The third-order valence-corrected chi connectivity index (χ3v) is 7.99. The fourth-order valence-corrected chi connectivity index (χ4v) is 6.08. The lowest BCUT2D eigenvalue weighted by atomic mass is 9.70. The molecule has 0 saturated heterocycles. The Labute approximate surface area is 188 Å². The van der Waals surface area contributed by atoms with Crippen LogP contribution in [0.25, 0.3) is 22.4 Å². The molecule has 0 N–H and O–H groups in total. The second-order valence-electron chi connectivity index (χ2n) is 11.0. The molecule has 1 heterocycles. The molecular weight excluding hydrogens is 374 g/mol. The van der Waals surface area contributed by atoms with Gasteiger partial charge in [-0.1, -0.05) is 49.7 Å². The summed E-state index contributed by atoms with van der Waals surface area (Å²) < 4.78 is 2.36. The van der Waals surface area contributed by atoms with E-state index >= 15 is 0 Å². The van der Waals surface area contributed by atoms with E-state index < -0.39 is 0 Å². The van der Waals surface area contributed by atoms with Gasteiger partial charge in [0.25, 0.3) is 0 Å². The summed E-state index contributed by atoms with van der Waals surface area (Å²) >= 11 is 0. The van der Waals surface area contributed by atoms with Crippen LogP contribution in [-0.4, -0.2) is 0 Å². The summed E-state index contributed by atoms with van der Waals surface area (Å²) in [6.45, 7) is 11.7. The Morgan fingerprint density at radius 2 is 1.58 bits per heavy atom. The van der Waals surface area contributed by atoms with Gasteiger partial charge in [-0.05, 0) is 97.6 Å². The minimum atomic E-state index is 0.507. The largest absolute Gasteiger partial charge is 0.213 e. The molecule has 1 heteroatoms. The first-order valence-electron chi connectivity index (χ1n) is 12.0. The highest BCUT2D eigenvalue weighted by Gasteiger charge is 2.31. The van der Waals surface area contributed by atoms with Gasteiger partial charge in [0, 0.05) is 11.6 Å². The van der Waals surface area contributed by atoms with E-state index in [4.69, 9.17) is 0 Å². The minimum absolute atomic E-state index is 0.507. The number of hydrogen-bond donors (Lipinski definition) is 0. The quantitative estimate of drug-likeness (QED) is 0.304. The molecule has 0 amide bonds. The van der Waals surface area contributed by atoms with Crippen LogP contribution in [0.2, 0.25) is 0 Å². The minimum Gasteiger partial charge on any atom is -0.201 e. The SMILES string of the molecule is Cc1ccc2c(c1)Cc1c-2ccc(C)c1-c1cc(C2CCC(C)(C)CC2)c(C)c[n+]1C. The maximum Gasteiger partial charge on any atom is 0.213 e. The Bertz CT molecular complexity index is 1170. The van der Waals surface area contributed by atoms with E-state index in [0.29, 0.717) is 11.3 Å². The van der Waals surface area contributed by atoms with Crippen molar-refractivity contribution in [3.63, 3.8) is 0 Å². The number of benzene rings is 2. The van der Waals surface area contributed by atoms with E-state index in [1.54, 1.807) is 5.56 Å². The van der Waals surface area contributed by atoms with Crippen LogP contribution in [0, 0.1) is 26.2 Å². The van der Waals surface area contributed by atoms with Crippen LogP contribution in [0.4, 0.5) is 0 Å². The van der Waals surface area contributed by atoms with Crippen LogP contribution in [0.1, 0.15) is 78.8 Å². The summed E-state index contributed by atoms with van der Waals surface area (Å²) in [5.41, 5.74) is 14.9. The molecule has 0 aliphatic heterocycles. The van der Waals surface area contributed by atoms with Crippen LogP contribution in [0.5, 0.6) is 0 Å². The molecule has 2 aliphatic rings. The maximum atomic E-state index is 2.54. The van der Waals surface area contributed by atoms with E-state index in [2.05, 4.69) is 88.8 Å². The number of aromatic nitrogens is 1. The lowest BCUT2D eigenvalue weighted by Gasteiger charge is -2.35. The van der Waals surface area contributed by atoms with Gasteiger partial charge < -0.3 is 0 Å². The van der Waals surface area contributed by atoms with Crippen LogP contribution >= 0.6 is 0 Å². The molecule has 0 radical (unpaired) electrons. The van der Waals surface area contributed by atoms with Gasteiger partial charge in [0.05, 0.1) is 5.56 Å². The van der Waals surface area contributed by atoms with Gasteiger partial charge in [-0.2, -0.15) is 0 Å². The lowest BCUT2D eigenvalue weighted by Crippen LogP contribution is -2.33. The molecular formula is C30H36N+.